The highest BCUT2D eigenvalue weighted by molar-refractivity contribution is 7.89. The predicted molar refractivity (Wildman–Crippen MR) is 80.3 cm³/mol. The Morgan fingerprint density at radius 2 is 2.10 bits per heavy atom. The summed E-state index contributed by atoms with van der Waals surface area (Å²) in [5, 5.41) is 7.92. The highest BCUT2D eigenvalue weighted by Crippen LogP contribution is 2.18. The number of sulfonamides is 1. The maximum absolute atomic E-state index is 11.5. The Kier molecular flexibility index (Phi) is 5.08. The molecule has 0 amide bonds. The summed E-state index contributed by atoms with van der Waals surface area (Å²) in [7, 11) is -3.19. The average molecular weight is 309 g/mol. The summed E-state index contributed by atoms with van der Waals surface area (Å²) in [6.45, 7) is 4.08. The molecule has 0 radical (unpaired) electrons. The van der Waals surface area contributed by atoms with Gasteiger partial charge in [-0.3, -0.25) is 0 Å². The van der Waals surface area contributed by atoms with Crippen molar-refractivity contribution in [2.75, 3.05) is 12.3 Å². The van der Waals surface area contributed by atoms with Crippen LogP contribution in [0, 0.1) is 6.92 Å². The van der Waals surface area contributed by atoms with Crippen molar-refractivity contribution in [3.63, 3.8) is 0 Å². The third-order valence-electron chi connectivity index (χ3n) is 2.87. The van der Waals surface area contributed by atoms with Gasteiger partial charge in [0.15, 0.2) is 0 Å². The van der Waals surface area contributed by atoms with Crippen LogP contribution in [0.4, 0.5) is 0 Å². The summed E-state index contributed by atoms with van der Waals surface area (Å²) in [4.78, 5) is 0. The summed E-state index contributed by atoms with van der Waals surface area (Å²) in [6, 6.07) is 7.77. The number of nitrogens with zero attached hydrogens (tertiary/aromatic N) is 2. The molecule has 0 aliphatic rings. The molecule has 0 spiro atoms. The van der Waals surface area contributed by atoms with Crippen LogP contribution in [0.3, 0.4) is 0 Å². The first-order chi connectivity index (χ1) is 10.00. The molecule has 1 N–H and O–H groups in total. The smallest absolute Gasteiger partial charge is 0.247 e. The Morgan fingerprint density at radius 1 is 1.29 bits per heavy atom. The molecule has 0 bridgehead atoms. The van der Waals surface area contributed by atoms with Crippen LogP contribution in [0.2, 0.25) is 0 Å². The maximum atomic E-state index is 11.5. The molecular weight excluding hydrogens is 290 g/mol. The van der Waals surface area contributed by atoms with Gasteiger partial charge in [-0.15, -0.1) is 10.2 Å². The van der Waals surface area contributed by atoms with Gasteiger partial charge in [-0.25, -0.2) is 13.1 Å². The largest absolute Gasteiger partial charge is 0.421 e. The molecule has 0 atom stereocenters. The highest BCUT2D eigenvalue weighted by Gasteiger charge is 2.11. The molecule has 1 heterocycles. The lowest BCUT2D eigenvalue weighted by atomic mass is 10.1. The van der Waals surface area contributed by atoms with Gasteiger partial charge in [-0.05, 0) is 25.5 Å². The van der Waals surface area contributed by atoms with E-state index in [4.69, 9.17) is 4.42 Å². The fraction of sp³-hybridized carbons (Fsp3) is 0.429. The van der Waals surface area contributed by atoms with Crippen LogP contribution in [-0.4, -0.2) is 30.9 Å². The second-order valence-electron chi connectivity index (χ2n) is 4.83. The van der Waals surface area contributed by atoms with E-state index in [2.05, 4.69) is 14.9 Å². The lowest BCUT2D eigenvalue weighted by Gasteiger charge is -2.02. The molecule has 6 nitrogen and oxygen atoms in total. The van der Waals surface area contributed by atoms with E-state index in [9.17, 15) is 8.42 Å². The monoisotopic (exact) mass is 309 g/mol. The maximum Gasteiger partial charge on any atom is 0.247 e. The lowest BCUT2D eigenvalue weighted by Crippen LogP contribution is -2.28. The van der Waals surface area contributed by atoms with Crippen molar-refractivity contribution in [2.45, 2.75) is 26.7 Å². The number of hydrogen-bond acceptors (Lipinski definition) is 5. The molecule has 114 valence electrons. The van der Waals surface area contributed by atoms with Gasteiger partial charge in [0, 0.05) is 18.5 Å². The molecular formula is C14H19N3O3S. The lowest BCUT2D eigenvalue weighted by molar-refractivity contribution is 0.502. The van der Waals surface area contributed by atoms with E-state index in [-0.39, 0.29) is 12.3 Å². The molecule has 0 aliphatic heterocycles. The van der Waals surface area contributed by atoms with E-state index < -0.39 is 10.0 Å². The minimum absolute atomic E-state index is 0.130. The van der Waals surface area contributed by atoms with E-state index in [0.29, 0.717) is 24.6 Å². The van der Waals surface area contributed by atoms with Gasteiger partial charge in [0.1, 0.15) is 0 Å². The van der Waals surface area contributed by atoms with Crippen LogP contribution in [0.15, 0.2) is 28.7 Å². The molecule has 0 fully saturated rings. The first kappa shape index (κ1) is 15.7. The summed E-state index contributed by atoms with van der Waals surface area (Å²) < 4.78 is 31.1. The molecule has 2 aromatic rings. The minimum Gasteiger partial charge on any atom is -0.421 e. The minimum atomic E-state index is -3.19. The third kappa shape index (κ3) is 4.64. The molecule has 0 saturated heterocycles. The second kappa shape index (κ2) is 6.82. The van der Waals surface area contributed by atoms with E-state index in [1.165, 1.54) is 0 Å². The first-order valence-corrected chi connectivity index (χ1v) is 8.52. The zero-order valence-electron chi connectivity index (χ0n) is 12.2. The van der Waals surface area contributed by atoms with E-state index >= 15 is 0 Å². The van der Waals surface area contributed by atoms with E-state index in [1.54, 1.807) is 0 Å². The standard InChI is InChI=1S/C14H19N3O3S/c1-3-9-21(18,19)15-8-7-13-16-17-14(20-13)12-6-4-5-11(2)10-12/h4-6,10,15H,3,7-9H2,1-2H3. The Balaban J connectivity index is 1.95. The molecule has 0 saturated carbocycles. The van der Waals surface area contributed by atoms with Crippen molar-refractivity contribution in [3.05, 3.63) is 35.7 Å². The van der Waals surface area contributed by atoms with Crippen LogP contribution < -0.4 is 4.72 Å². The zero-order chi connectivity index (χ0) is 15.3. The van der Waals surface area contributed by atoms with Crippen LogP contribution in [0.1, 0.15) is 24.8 Å². The quantitative estimate of drug-likeness (QED) is 0.844. The van der Waals surface area contributed by atoms with Gasteiger partial charge < -0.3 is 4.42 Å². The molecule has 1 aromatic carbocycles. The Hall–Kier alpha value is -1.73. The molecule has 0 aliphatic carbocycles. The Labute approximate surface area is 124 Å². The molecule has 0 unspecified atom stereocenters. The van der Waals surface area contributed by atoms with E-state index in [0.717, 1.165) is 11.1 Å². The van der Waals surface area contributed by atoms with Gasteiger partial charge >= 0.3 is 0 Å². The number of rotatable bonds is 7. The van der Waals surface area contributed by atoms with Crippen LogP contribution in [-0.2, 0) is 16.4 Å². The summed E-state index contributed by atoms with van der Waals surface area (Å²) in [5.41, 5.74) is 1.97. The fourth-order valence-corrected chi connectivity index (χ4v) is 3.00. The summed E-state index contributed by atoms with van der Waals surface area (Å²) in [6.07, 6.45) is 0.967. The van der Waals surface area contributed by atoms with E-state index in [1.807, 2.05) is 38.1 Å². The number of aryl methyl sites for hydroxylation is 1. The second-order valence-corrected chi connectivity index (χ2v) is 6.76. The Bertz CT molecular complexity index is 695. The topological polar surface area (TPSA) is 85.1 Å². The van der Waals surface area contributed by atoms with Crippen molar-refractivity contribution in [3.8, 4) is 11.5 Å². The fourth-order valence-electron chi connectivity index (χ4n) is 1.90. The third-order valence-corrected chi connectivity index (χ3v) is 4.46. The number of aromatic nitrogens is 2. The Morgan fingerprint density at radius 3 is 2.81 bits per heavy atom. The van der Waals surface area contributed by atoms with Crippen LogP contribution in [0.5, 0.6) is 0 Å². The number of hydrogen-bond donors (Lipinski definition) is 1. The average Bonchev–Trinajstić information content (AvgIpc) is 2.87. The molecule has 1 aromatic heterocycles. The van der Waals surface area contributed by atoms with Crippen LogP contribution >= 0.6 is 0 Å². The van der Waals surface area contributed by atoms with Crippen molar-refractivity contribution in [1.82, 2.24) is 14.9 Å². The van der Waals surface area contributed by atoms with Gasteiger partial charge in [-0.2, -0.15) is 0 Å². The molecule has 7 heteroatoms. The predicted octanol–water partition coefficient (Wildman–Crippen LogP) is 1.92. The highest BCUT2D eigenvalue weighted by atomic mass is 32.2. The normalized spacial score (nSPS) is 11.7. The summed E-state index contributed by atoms with van der Waals surface area (Å²) >= 11 is 0. The van der Waals surface area contributed by atoms with Crippen molar-refractivity contribution >= 4 is 10.0 Å². The SMILES string of the molecule is CCCS(=O)(=O)NCCc1nnc(-c2cccc(C)c2)o1. The van der Waals surface area contributed by atoms with Gasteiger partial charge in [0.05, 0.1) is 5.75 Å². The van der Waals surface area contributed by atoms with Crippen molar-refractivity contribution < 1.29 is 12.8 Å². The van der Waals surface area contributed by atoms with Gasteiger partial charge in [0.2, 0.25) is 21.8 Å². The van der Waals surface area contributed by atoms with Crippen molar-refractivity contribution in [2.24, 2.45) is 0 Å². The summed E-state index contributed by atoms with van der Waals surface area (Å²) in [5.74, 6) is 1.00. The molecule has 21 heavy (non-hydrogen) atoms. The first-order valence-electron chi connectivity index (χ1n) is 6.87. The zero-order valence-corrected chi connectivity index (χ0v) is 13.0. The van der Waals surface area contributed by atoms with Gasteiger partial charge in [-0.1, -0.05) is 24.6 Å². The van der Waals surface area contributed by atoms with Gasteiger partial charge in [0.25, 0.3) is 0 Å². The number of benzene rings is 1. The van der Waals surface area contributed by atoms with Crippen molar-refractivity contribution in [1.29, 1.82) is 0 Å². The van der Waals surface area contributed by atoms with Crippen LogP contribution in [0.25, 0.3) is 11.5 Å². The molecule has 2 rings (SSSR count). The number of nitrogens with one attached hydrogen (secondary N) is 1.